The number of unbranched alkanes of at least 4 members (excludes halogenated alkanes) is 5. The largest absolute Gasteiger partial charge is 0.447 e. The SMILES string of the molecule is CCC(CCCCCCC/C=C\C(=O)N1CCOC1=O)O[Si](C)(C)C(C)(C)C. The number of cyclic esters (lactones) is 1. The molecule has 5 nitrogen and oxygen atoms in total. The average Bonchev–Trinajstić information content (AvgIpc) is 3.04. The number of ether oxygens (including phenoxy) is 1. The Morgan fingerprint density at radius 3 is 2.43 bits per heavy atom. The Kier molecular flexibility index (Phi) is 10.5. The molecule has 1 aliphatic rings. The van der Waals surface area contributed by atoms with Crippen molar-refractivity contribution in [2.75, 3.05) is 13.2 Å². The van der Waals surface area contributed by atoms with Gasteiger partial charge in [-0.05, 0) is 49.9 Å². The molecule has 0 aromatic rings. The summed E-state index contributed by atoms with van der Waals surface area (Å²) in [5.41, 5.74) is 0. The lowest BCUT2D eigenvalue weighted by Gasteiger charge is -2.39. The van der Waals surface area contributed by atoms with Crippen molar-refractivity contribution in [2.45, 2.75) is 103 Å². The van der Waals surface area contributed by atoms with Crippen LogP contribution >= 0.6 is 0 Å². The fraction of sp³-hybridized carbons (Fsp3) is 0.818. The van der Waals surface area contributed by atoms with Crippen molar-refractivity contribution in [2.24, 2.45) is 0 Å². The van der Waals surface area contributed by atoms with Crippen LogP contribution in [0.4, 0.5) is 4.79 Å². The molecule has 1 saturated heterocycles. The number of nitrogens with zero attached hydrogens (tertiary/aromatic N) is 1. The summed E-state index contributed by atoms with van der Waals surface area (Å²) in [4.78, 5) is 24.2. The van der Waals surface area contributed by atoms with Crippen molar-refractivity contribution >= 4 is 20.3 Å². The average molecular weight is 412 g/mol. The molecule has 1 atom stereocenters. The van der Waals surface area contributed by atoms with Gasteiger partial charge in [-0.15, -0.1) is 0 Å². The standard InChI is InChI=1S/C22H41NO4Si/c1-7-19(27-28(5,6)22(2,3)4)15-13-11-9-8-10-12-14-16-20(24)23-17-18-26-21(23)25/h14,16,19H,7-13,15,17-18H2,1-6H3/b16-14-. The van der Waals surface area contributed by atoms with E-state index in [4.69, 9.17) is 9.16 Å². The molecule has 0 spiro atoms. The minimum Gasteiger partial charge on any atom is -0.447 e. The predicted molar refractivity (Wildman–Crippen MR) is 117 cm³/mol. The van der Waals surface area contributed by atoms with Gasteiger partial charge >= 0.3 is 6.09 Å². The smallest absolute Gasteiger partial charge is 0.416 e. The number of rotatable bonds is 12. The van der Waals surface area contributed by atoms with Gasteiger partial charge in [-0.25, -0.2) is 9.69 Å². The lowest BCUT2D eigenvalue weighted by atomic mass is 10.1. The fourth-order valence-corrected chi connectivity index (χ4v) is 4.44. The molecule has 1 aliphatic heterocycles. The minimum absolute atomic E-state index is 0.268. The van der Waals surface area contributed by atoms with Crippen LogP contribution in [0.2, 0.25) is 18.1 Å². The molecule has 0 aromatic carbocycles. The second-order valence-electron chi connectivity index (χ2n) is 9.26. The first kappa shape index (κ1) is 24.9. The number of carbonyl (C=O) groups is 2. The van der Waals surface area contributed by atoms with Gasteiger partial charge in [0.1, 0.15) is 6.61 Å². The quantitative estimate of drug-likeness (QED) is 0.223. The Hall–Kier alpha value is -1.14. The Labute approximate surface area is 173 Å². The number of allylic oxidation sites excluding steroid dienone is 1. The lowest BCUT2D eigenvalue weighted by molar-refractivity contribution is -0.122. The topological polar surface area (TPSA) is 55.8 Å². The van der Waals surface area contributed by atoms with Crippen molar-refractivity contribution in [3.63, 3.8) is 0 Å². The molecule has 1 fully saturated rings. The van der Waals surface area contributed by atoms with Gasteiger partial charge in [0.25, 0.3) is 5.91 Å². The van der Waals surface area contributed by atoms with Crippen LogP contribution in [0.3, 0.4) is 0 Å². The van der Waals surface area contributed by atoms with E-state index in [0.29, 0.717) is 19.3 Å². The molecule has 28 heavy (non-hydrogen) atoms. The van der Waals surface area contributed by atoms with Gasteiger partial charge in [-0.3, -0.25) is 4.79 Å². The highest BCUT2D eigenvalue weighted by atomic mass is 28.4. The monoisotopic (exact) mass is 411 g/mol. The highest BCUT2D eigenvalue weighted by Gasteiger charge is 2.38. The van der Waals surface area contributed by atoms with E-state index in [9.17, 15) is 9.59 Å². The van der Waals surface area contributed by atoms with Gasteiger partial charge in [0.05, 0.1) is 6.54 Å². The van der Waals surface area contributed by atoms with Gasteiger partial charge in [0, 0.05) is 6.10 Å². The third kappa shape index (κ3) is 8.48. The van der Waals surface area contributed by atoms with E-state index in [0.717, 1.165) is 30.6 Å². The number of amides is 2. The van der Waals surface area contributed by atoms with Gasteiger partial charge in [0.15, 0.2) is 8.32 Å². The highest BCUT2D eigenvalue weighted by Crippen LogP contribution is 2.38. The molecule has 0 aromatic heterocycles. The maximum Gasteiger partial charge on any atom is 0.416 e. The van der Waals surface area contributed by atoms with Crippen LogP contribution in [-0.2, 0) is 14.0 Å². The Balaban J connectivity index is 2.11. The van der Waals surface area contributed by atoms with E-state index in [1.807, 2.05) is 6.08 Å². The van der Waals surface area contributed by atoms with Crippen LogP contribution in [0.5, 0.6) is 0 Å². The van der Waals surface area contributed by atoms with E-state index >= 15 is 0 Å². The van der Waals surface area contributed by atoms with Crippen molar-refractivity contribution in [1.29, 1.82) is 0 Å². The molecular weight excluding hydrogens is 370 g/mol. The summed E-state index contributed by atoms with van der Waals surface area (Å²) >= 11 is 0. The second kappa shape index (κ2) is 11.8. The maximum atomic E-state index is 11.8. The lowest BCUT2D eigenvalue weighted by Crippen LogP contribution is -2.43. The molecule has 2 amide bonds. The van der Waals surface area contributed by atoms with Gasteiger partial charge in [-0.2, -0.15) is 0 Å². The zero-order valence-electron chi connectivity index (χ0n) is 18.9. The Bertz CT molecular complexity index is 525. The molecule has 0 saturated carbocycles. The first-order valence-corrected chi connectivity index (χ1v) is 13.8. The normalized spacial score (nSPS) is 16.6. The van der Waals surface area contributed by atoms with Crippen molar-refractivity contribution in [3.8, 4) is 0 Å². The van der Waals surface area contributed by atoms with Crippen molar-refractivity contribution in [1.82, 2.24) is 4.90 Å². The molecule has 0 aliphatic carbocycles. The van der Waals surface area contributed by atoms with Gasteiger partial charge < -0.3 is 9.16 Å². The third-order valence-electron chi connectivity index (χ3n) is 5.91. The Morgan fingerprint density at radius 2 is 1.86 bits per heavy atom. The first-order valence-electron chi connectivity index (χ1n) is 10.9. The molecule has 0 bridgehead atoms. The van der Waals surface area contributed by atoms with Crippen LogP contribution in [0.1, 0.15) is 79.1 Å². The van der Waals surface area contributed by atoms with E-state index < -0.39 is 14.4 Å². The molecule has 1 rings (SSSR count). The van der Waals surface area contributed by atoms with Crippen LogP contribution in [0.15, 0.2) is 12.2 Å². The van der Waals surface area contributed by atoms with Crippen LogP contribution in [-0.4, -0.2) is 44.5 Å². The van der Waals surface area contributed by atoms with Crippen molar-refractivity contribution < 1.29 is 18.8 Å². The number of hydrogen-bond acceptors (Lipinski definition) is 4. The summed E-state index contributed by atoms with van der Waals surface area (Å²) in [5, 5.41) is 0.268. The zero-order chi connectivity index (χ0) is 21.2. The van der Waals surface area contributed by atoms with E-state index in [2.05, 4.69) is 40.8 Å². The molecular formula is C22H41NO4Si. The number of hydrogen-bond donors (Lipinski definition) is 0. The van der Waals surface area contributed by atoms with E-state index in [1.165, 1.54) is 31.8 Å². The summed E-state index contributed by atoms with van der Waals surface area (Å²) in [6.45, 7) is 14.5. The molecule has 1 unspecified atom stereocenters. The van der Waals surface area contributed by atoms with Gasteiger partial charge in [0.2, 0.25) is 0 Å². The second-order valence-corrected chi connectivity index (χ2v) is 14.0. The summed E-state index contributed by atoms with van der Waals surface area (Å²) in [7, 11) is -1.67. The van der Waals surface area contributed by atoms with Crippen molar-refractivity contribution in [3.05, 3.63) is 12.2 Å². The Morgan fingerprint density at radius 1 is 1.21 bits per heavy atom. The summed E-state index contributed by atoms with van der Waals surface area (Å²) in [5.74, 6) is -0.269. The highest BCUT2D eigenvalue weighted by molar-refractivity contribution is 6.74. The van der Waals surface area contributed by atoms with Gasteiger partial charge in [-0.1, -0.05) is 59.5 Å². The number of carbonyl (C=O) groups excluding carboxylic acids is 2. The molecule has 6 heteroatoms. The fourth-order valence-electron chi connectivity index (χ4n) is 2.97. The van der Waals surface area contributed by atoms with E-state index in [1.54, 1.807) is 0 Å². The zero-order valence-corrected chi connectivity index (χ0v) is 19.9. The summed E-state index contributed by atoms with van der Waals surface area (Å²) in [6.07, 6.45) is 12.3. The molecule has 1 heterocycles. The minimum atomic E-state index is -1.67. The molecule has 0 radical (unpaired) electrons. The van der Waals surface area contributed by atoms with Crippen LogP contribution in [0, 0.1) is 0 Å². The maximum absolute atomic E-state index is 11.8. The van der Waals surface area contributed by atoms with Crippen LogP contribution in [0.25, 0.3) is 0 Å². The van der Waals surface area contributed by atoms with Crippen LogP contribution < -0.4 is 0 Å². The summed E-state index contributed by atoms with van der Waals surface area (Å²) < 4.78 is 11.3. The molecule has 162 valence electrons. The number of imide groups is 1. The summed E-state index contributed by atoms with van der Waals surface area (Å²) in [6, 6.07) is 0. The molecule has 0 N–H and O–H groups in total. The predicted octanol–water partition coefficient (Wildman–Crippen LogP) is 6.05. The third-order valence-corrected chi connectivity index (χ3v) is 10.4. The van der Waals surface area contributed by atoms with E-state index in [-0.39, 0.29) is 10.9 Å². The first-order chi connectivity index (χ1) is 13.1.